The van der Waals surface area contributed by atoms with E-state index in [9.17, 15) is 13.2 Å². The zero-order chi connectivity index (χ0) is 16.7. The second kappa shape index (κ2) is 7.97. The summed E-state index contributed by atoms with van der Waals surface area (Å²) in [5.41, 5.74) is 0. The van der Waals surface area contributed by atoms with Gasteiger partial charge in [-0.1, -0.05) is 34.4 Å². The number of rotatable bonds is 8. The highest BCUT2D eigenvalue weighted by atomic mass is 32.2. The van der Waals surface area contributed by atoms with Gasteiger partial charge in [0.25, 0.3) is 14.4 Å². The van der Waals surface area contributed by atoms with E-state index in [4.69, 9.17) is 9.57 Å². The molecule has 2 rings (SSSR count). The van der Waals surface area contributed by atoms with Gasteiger partial charge in [-0.2, -0.15) is 0 Å². The van der Waals surface area contributed by atoms with Crippen LogP contribution < -0.4 is 14.9 Å². The first-order chi connectivity index (χ1) is 11.0. The molecule has 1 aromatic heterocycles. The smallest absolute Gasteiger partial charge is 0.291 e. The Morgan fingerprint density at radius 2 is 1.96 bits per heavy atom. The van der Waals surface area contributed by atoms with Crippen molar-refractivity contribution < 1.29 is 22.8 Å². The van der Waals surface area contributed by atoms with Crippen LogP contribution in [0.25, 0.3) is 0 Å². The molecule has 1 heterocycles. The van der Waals surface area contributed by atoms with Crippen molar-refractivity contribution in [1.82, 2.24) is 15.1 Å². The number of carbonyl (C=O) groups is 1. The normalized spacial score (nSPS) is 11.2. The van der Waals surface area contributed by atoms with Crippen LogP contribution in [0.1, 0.15) is 6.92 Å². The maximum atomic E-state index is 11.9. The molecule has 1 aromatic carbocycles. The summed E-state index contributed by atoms with van der Waals surface area (Å²) < 4.78 is 28.8. The second-order valence-corrected chi connectivity index (χ2v) is 6.95. The molecule has 0 aliphatic rings. The molecule has 0 saturated heterocycles. The first-order valence-corrected chi connectivity index (χ1v) is 8.70. The van der Waals surface area contributed by atoms with Gasteiger partial charge in [-0.05, 0) is 12.1 Å². The SMILES string of the molecule is CC(=O)Nc1nnc(S(=O)(=O)NOCCOc2ccccc2)s1. The molecule has 0 bridgehead atoms. The minimum Gasteiger partial charge on any atom is -0.491 e. The van der Waals surface area contributed by atoms with Crippen molar-refractivity contribution in [2.45, 2.75) is 11.3 Å². The Bertz CT molecular complexity index is 748. The van der Waals surface area contributed by atoms with E-state index in [1.54, 1.807) is 12.1 Å². The maximum absolute atomic E-state index is 11.9. The van der Waals surface area contributed by atoms with Crippen LogP contribution in [0.2, 0.25) is 0 Å². The Morgan fingerprint density at radius 3 is 2.65 bits per heavy atom. The number of hydrogen-bond acceptors (Lipinski definition) is 8. The topological polar surface area (TPSA) is 120 Å². The van der Waals surface area contributed by atoms with Crippen LogP contribution in [0.5, 0.6) is 5.75 Å². The molecule has 23 heavy (non-hydrogen) atoms. The summed E-state index contributed by atoms with van der Waals surface area (Å²) in [4.78, 5) is 17.6. The molecule has 0 aliphatic heterocycles. The van der Waals surface area contributed by atoms with Crippen LogP contribution in [-0.4, -0.2) is 37.7 Å². The van der Waals surface area contributed by atoms with Gasteiger partial charge in [0.15, 0.2) is 0 Å². The van der Waals surface area contributed by atoms with Gasteiger partial charge in [-0.3, -0.25) is 9.63 Å². The molecule has 9 nitrogen and oxygen atoms in total. The van der Waals surface area contributed by atoms with Crippen LogP contribution >= 0.6 is 11.3 Å². The van der Waals surface area contributed by atoms with Crippen molar-refractivity contribution in [1.29, 1.82) is 0 Å². The number of hydrogen-bond donors (Lipinski definition) is 2. The summed E-state index contributed by atoms with van der Waals surface area (Å²) >= 11 is 0.713. The molecule has 124 valence electrons. The largest absolute Gasteiger partial charge is 0.491 e. The maximum Gasteiger partial charge on any atom is 0.291 e. The lowest BCUT2D eigenvalue weighted by atomic mass is 10.3. The molecule has 1 amide bonds. The summed E-state index contributed by atoms with van der Waals surface area (Å²) in [6.45, 7) is 1.45. The number of amides is 1. The molecule has 0 radical (unpaired) electrons. The van der Waals surface area contributed by atoms with Crippen LogP contribution in [0.3, 0.4) is 0 Å². The molecular weight excluding hydrogens is 344 g/mol. The molecule has 0 unspecified atom stereocenters. The fourth-order valence-corrected chi connectivity index (χ4v) is 3.15. The third-order valence-corrected chi connectivity index (χ3v) is 4.71. The Morgan fingerprint density at radius 1 is 1.22 bits per heavy atom. The Labute approximate surface area is 136 Å². The molecule has 0 aliphatic carbocycles. The van der Waals surface area contributed by atoms with E-state index in [0.29, 0.717) is 17.1 Å². The zero-order valence-corrected chi connectivity index (χ0v) is 13.7. The number of carbonyl (C=O) groups excluding carboxylic acids is 1. The highest BCUT2D eigenvalue weighted by Gasteiger charge is 2.20. The highest BCUT2D eigenvalue weighted by molar-refractivity contribution is 7.91. The van der Waals surface area contributed by atoms with E-state index in [0.717, 1.165) is 0 Å². The molecule has 0 spiro atoms. The Hall–Kier alpha value is -2.08. The number of aromatic nitrogens is 2. The number of benzene rings is 1. The molecule has 0 fully saturated rings. The van der Waals surface area contributed by atoms with Gasteiger partial charge in [0.2, 0.25) is 11.0 Å². The lowest BCUT2D eigenvalue weighted by Crippen LogP contribution is -2.26. The lowest BCUT2D eigenvalue weighted by Gasteiger charge is -2.06. The van der Waals surface area contributed by atoms with E-state index < -0.39 is 10.0 Å². The van der Waals surface area contributed by atoms with Crippen molar-refractivity contribution >= 4 is 32.4 Å². The average molecular weight is 358 g/mol. The zero-order valence-electron chi connectivity index (χ0n) is 12.1. The van der Waals surface area contributed by atoms with Gasteiger partial charge in [-0.15, -0.1) is 10.2 Å². The second-order valence-electron chi connectivity index (χ2n) is 4.15. The summed E-state index contributed by atoms with van der Waals surface area (Å²) in [6.07, 6.45) is 0. The van der Waals surface area contributed by atoms with Gasteiger partial charge in [0.05, 0.1) is 0 Å². The average Bonchev–Trinajstić information content (AvgIpc) is 2.96. The quantitative estimate of drug-likeness (QED) is 0.406. The molecule has 0 saturated carbocycles. The molecular formula is C12H14N4O5S2. The molecule has 11 heteroatoms. The number of nitrogens with zero attached hydrogens (tertiary/aromatic N) is 2. The van der Waals surface area contributed by atoms with Crippen LogP contribution in [0.15, 0.2) is 34.7 Å². The van der Waals surface area contributed by atoms with Gasteiger partial charge in [-0.25, -0.2) is 8.42 Å². The predicted octanol–water partition coefficient (Wildman–Crippen LogP) is 0.785. The van der Waals surface area contributed by atoms with Crippen molar-refractivity contribution in [3.63, 3.8) is 0 Å². The standard InChI is InChI=1S/C12H14N4O5S2/c1-9(17)13-11-14-15-12(22-11)23(18,19)16-21-8-7-20-10-5-3-2-4-6-10/h2-6,16H,7-8H2,1H3,(H,13,14,17). The number of ether oxygens (including phenoxy) is 1. The predicted molar refractivity (Wildman–Crippen MR) is 82.4 cm³/mol. The van der Waals surface area contributed by atoms with Gasteiger partial charge in [0.1, 0.15) is 19.0 Å². The first-order valence-electron chi connectivity index (χ1n) is 6.40. The molecule has 0 atom stereocenters. The minimum atomic E-state index is -3.95. The van der Waals surface area contributed by atoms with Crippen molar-refractivity contribution in [2.75, 3.05) is 18.5 Å². The summed E-state index contributed by atoms with van der Waals surface area (Å²) in [6, 6.07) is 9.04. The van der Waals surface area contributed by atoms with Crippen molar-refractivity contribution in [3.8, 4) is 5.75 Å². The lowest BCUT2D eigenvalue weighted by molar-refractivity contribution is -0.114. The highest BCUT2D eigenvalue weighted by Crippen LogP contribution is 2.19. The van der Waals surface area contributed by atoms with E-state index in [2.05, 4.69) is 15.5 Å². The van der Waals surface area contributed by atoms with Crippen molar-refractivity contribution in [2.24, 2.45) is 0 Å². The minimum absolute atomic E-state index is 0.00544. The Balaban J connectivity index is 1.77. The van der Waals surface area contributed by atoms with Gasteiger partial charge < -0.3 is 10.1 Å². The molecule has 2 aromatic rings. The number of nitrogens with one attached hydrogen (secondary N) is 2. The van der Waals surface area contributed by atoms with Crippen LogP contribution in [-0.2, 0) is 19.7 Å². The van der Waals surface area contributed by atoms with E-state index >= 15 is 0 Å². The van der Waals surface area contributed by atoms with E-state index in [-0.39, 0.29) is 28.6 Å². The van der Waals surface area contributed by atoms with E-state index in [1.165, 1.54) is 6.92 Å². The number of sulfonamides is 1. The third-order valence-electron chi connectivity index (χ3n) is 2.29. The Kier molecular flexibility index (Phi) is 5.98. The fraction of sp³-hybridized carbons (Fsp3) is 0.250. The summed E-state index contributed by atoms with van der Waals surface area (Å²) in [5.74, 6) is 0.287. The fourth-order valence-electron chi connectivity index (χ4n) is 1.39. The first kappa shape index (κ1) is 17.3. The van der Waals surface area contributed by atoms with E-state index in [1.807, 2.05) is 23.1 Å². The summed E-state index contributed by atoms with van der Waals surface area (Å²) in [5, 5.41) is 9.46. The number of anilines is 1. The van der Waals surface area contributed by atoms with Crippen LogP contribution in [0.4, 0.5) is 5.13 Å². The third kappa shape index (κ3) is 5.56. The molecule has 2 N–H and O–H groups in total. The van der Waals surface area contributed by atoms with Gasteiger partial charge >= 0.3 is 0 Å². The van der Waals surface area contributed by atoms with Crippen LogP contribution in [0, 0.1) is 0 Å². The van der Waals surface area contributed by atoms with Gasteiger partial charge in [0, 0.05) is 6.92 Å². The summed E-state index contributed by atoms with van der Waals surface area (Å²) in [7, 11) is -3.95. The number of para-hydroxylation sites is 1. The monoisotopic (exact) mass is 358 g/mol. The van der Waals surface area contributed by atoms with Crippen molar-refractivity contribution in [3.05, 3.63) is 30.3 Å².